The third kappa shape index (κ3) is 5.67. The van der Waals surface area contributed by atoms with Gasteiger partial charge in [-0.3, -0.25) is 0 Å². The Morgan fingerprint density at radius 1 is 1.12 bits per heavy atom. The van der Waals surface area contributed by atoms with Crippen LogP contribution < -0.4 is 11.1 Å². The number of aliphatic imine (C=N–C) groups is 1. The summed E-state index contributed by atoms with van der Waals surface area (Å²) in [5, 5.41) is 13.8. The highest BCUT2D eigenvalue weighted by molar-refractivity contribution is 14.0. The molecule has 0 heterocycles. The van der Waals surface area contributed by atoms with E-state index in [-0.39, 0.29) is 42.3 Å². The molecule has 0 aliphatic carbocycles. The Hall–Kier alpha value is -1.67. The number of benzene rings is 2. The van der Waals surface area contributed by atoms with Crippen LogP contribution in [0, 0.1) is 5.82 Å². The van der Waals surface area contributed by atoms with E-state index >= 15 is 0 Å². The zero-order chi connectivity index (χ0) is 18.4. The Kier molecular flexibility index (Phi) is 8.49. The first kappa shape index (κ1) is 22.4. The number of nitrogens with two attached hydrogens (primary N) is 1. The van der Waals surface area contributed by atoms with Gasteiger partial charge >= 0.3 is 0 Å². The van der Waals surface area contributed by atoms with Crippen molar-refractivity contribution in [2.24, 2.45) is 10.7 Å². The van der Waals surface area contributed by atoms with Crippen LogP contribution in [0.15, 0.2) is 47.5 Å². The molecule has 142 valence electrons. The number of guanidine groups is 1. The zero-order valence-corrected chi connectivity index (χ0v) is 17.8. The lowest BCUT2D eigenvalue weighted by atomic mass is 9.96. The Morgan fingerprint density at radius 2 is 1.65 bits per heavy atom. The fourth-order valence-corrected chi connectivity index (χ4v) is 2.71. The van der Waals surface area contributed by atoms with E-state index in [1.807, 2.05) is 6.07 Å². The first-order valence-corrected chi connectivity index (χ1v) is 8.53. The average Bonchev–Trinajstić information content (AvgIpc) is 2.60. The summed E-state index contributed by atoms with van der Waals surface area (Å²) in [6.45, 7) is 5.89. The van der Waals surface area contributed by atoms with Crippen molar-refractivity contribution in [2.45, 2.75) is 39.2 Å². The molecule has 1 unspecified atom stereocenters. The standard InChI is InChI=1S/C20H26FN3O.HI/c1-4-14-7-6-8-15(5-2)18(14)24-19(22)23-13-20(3,25)16-9-11-17(21)12-10-16;/h6-12,25H,4-5,13H2,1-3H3,(H3,22,23,24);1H. The molecule has 26 heavy (non-hydrogen) atoms. The molecular weight excluding hydrogens is 444 g/mol. The molecular formula is C20H27FIN3O. The summed E-state index contributed by atoms with van der Waals surface area (Å²) in [7, 11) is 0. The molecule has 0 radical (unpaired) electrons. The second kappa shape index (κ2) is 9.87. The number of halogens is 2. The van der Waals surface area contributed by atoms with E-state index in [1.165, 1.54) is 23.3 Å². The zero-order valence-electron chi connectivity index (χ0n) is 15.4. The number of para-hydroxylation sites is 1. The molecule has 2 aromatic rings. The second-order valence-electron chi connectivity index (χ2n) is 6.27. The highest BCUT2D eigenvalue weighted by Crippen LogP contribution is 2.23. The third-order valence-corrected chi connectivity index (χ3v) is 4.28. The summed E-state index contributed by atoms with van der Waals surface area (Å²) in [4.78, 5) is 4.28. The van der Waals surface area contributed by atoms with Gasteiger partial charge in [0.25, 0.3) is 0 Å². The number of hydrogen-bond donors (Lipinski definition) is 3. The lowest BCUT2D eigenvalue weighted by Gasteiger charge is -2.22. The van der Waals surface area contributed by atoms with Gasteiger partial charge in [0.1, 0.15) is 11.4 Å². The van der Waals surface area contributed by atoms with Crippen LogP contribution in [0.25, 0.3) is 0 Å². The van der Waals surface area contributed by atoms with Crippen LogP contribution in [0.2, 0.25) is 0 Å². The highest BCUT2D eigenvalue weighted by atomic mass is 127. The van der Waals surface area contributed by atoms with E-state index in [0.717, 1.165) is 18.5 Å². The van der Waals surface area contributed by atoms with Crippen LogP contribution in [0.3, 0.4) is 0 Å². The van der Waals surface area contributed by atoms with Gasteiger partial charge < -0.3 is 16.2 Å². The summed E-state index contributed by atoms with van der Waals surface area (Å²) in [5.74, 6) is -0.0921. The van der Waals surface area contributed by atoms with Crippen LogP contribution in [-0.4, -0.2) is 17.6 Å². The van der Waals surface area contributed by atoms with E-state index in [9.17, 15) is 9.50 Å². The Bertz CT molecular complexity index is 723. The van der Waals surface area contributed by atoms with E-state index in [2.05, 4.69) is 36.3 Å². The molecule has 0 spiro atoms. The van der Waals surface area contributed by atoms with Gasteiger partial charge in [-0.15, -0.1) is 24.0 Å². The van der Waals surface area contributed by atoms with Crippen LogP contribution in [0.5, 0.6) is 0 Å². The first-order chi connectivity index (χ1) is 11.9. The van der Waals surface area contributed by atoms with E-state index in [0.29, 0.717) is 5.56 Å². The largest absolute Gasteiger partial charge is 0.384 e. The normalized spacial score (nSPS) is 13.7. The van der Waals surface area contributed by atoms with Crippen molar-refractivity contribution < 1.29 is 9.50 Å². The first-order valence-electron chi connectivity index (χ1n) is 8.53. The molecule has 0 aromatic heterocycles. The highest BCUT2D eigenvalue weighted by Gasteiger charge is 2.23. The second-order valence-corrected chi connectivity index (χ2v) is 6.27. The van der Waals surface area contributed by atoms with Gasteiger partial charge in [-0.1, -0.05) is 44.2 Å². The monoisotopic (exact) mass is 471 g/mol. The average molecular weight is 471 g/mol. The molecule has 0 saturated heterocycles. The molecule has 0 bridgehead atoms. The maximum atomic E-state index is 13.0. The van der Waals surface area contributed by atoms with Gasteiger partial charge in [-0.05, 0) is 48.6 Å². The van der Waals surface area contributed by atoms with Crippen molar-refractivity contribution in [1.82, 2.24) is 0 Å². The number of nitrogens with zero attached hydrogens (tertiary/aromatic N) is 1. The van der Waals surface area contributed by atoms with Gasteiger partial charge in [0, 0.05) is 5.69 Å². The van der Waals surface area contributed by atoms with Crippen LogP contribution >= 0.6 is 24.0 Å². The van der Waals surface area contributed by atoms with Crippen molar-refractivity contribution in [1.29, 1.82) is 0 Å². The molecule has 1 atom stereocenters. The van der Waals surface area contributed by atoms with Gasteiger partial charge in [-0.25, -0.2) is 9.38 Å². The fourth-order valence-electron chi connectivity index (χ4n) is 2.71. The van der Waals surface area contributed by atoms with Gasteiger partial charge in [0.15, 0.2) is 5.96 Å². The smallest absolute Gasteiger partial charge is 0.193 e. The maximum Gasteiger partial charge on any atom is 0.193 e. The number of aryl methyl sites for hydroxylation is 2. The quantitative estimate of drug-likeness (QED) is 0.336. The molecule has 4 nitrogen and oxygen atoms in total. The summed E-state index contributed by atoms with van der Waals surface area (Å²) >= 11 is 0. The van der Waals surface area contributed by atoms with Gasteiger partial charge in [-0.2, -0.15) is 0 Å². The molecule has 0 aliphatic heterocycles. The molecule has 6 heteroatoms. The van der Waals surface area contributed by atoms with Crippen molar-refractivity contribution in [2.75, 3.05) is 11.9 Å². The number of hydrogen-bond acceptors (Lipinski definition) is 2. The number of nitrogens with one attached hydrogen (secondary N) is 1. The topological polar surface area (TPSA) is 70.6 Å². The molecule has 0 fully saturated rings. The number of rotatable bonds is 6. The van der Waals surface area contributed by atoms with Crippen molar-refractivity contribution in [3.8, 4) is 0 Å². The Balaban J connectivity index is 0.00000338. The van der Waals surface area contributed by atoms with E-state index < -0.39 is 5.60 Å². The van der Waals surface area contributed by atoms with Gasteiger partial charge in [0.05, 0.1) is 6.54 Å². The molecule has 2 rings (SSSR count). The fraction of sp³-hybridized carbons (Fsp3) is 0.350. The predicted octanol–water partition coefficient (Wildman–Crippen LogP) is 4.20. The van der Waals surface area contributed by atoms with E-state index in [1.54, 1.807) is 19.1 Å². The summed E-state index contributed by atoms with van der Waals surface area (Å²) < 4.78 is 13.0. The van der Waals surface area contributed by atoms with Crippen molar-refractivity contribution in [3.05, 3.63) is 65.0 Å². The third-order valence-electron chi connectivity index (χ3n) is 4.28. The summed E-state index contributed by atoms with van der Waals surface area (Å²) in [6.07, 6.45) is 1.77. The molecule has 4 N–H and O–H groups in total. The summed E-state index contributed by atoms with van der Waals surface area (Å²) in [6, 6.07) is 11.9. The minimum absolute atomic E-state index is 0. The minimum atomic E-state index is -1.22. The molecule has 0 saturated carbocycles. The minimum Gasteiger partial charge on any atom is -0.384 e. The summed E-state index contributed by atoms with van der Waals surface area (Å²) in [5.41, 5.74) is 8.72. The lowest BCUT2D eigenvalue weighted by Crippen LogP contribution is -2.30. The maximum absolute atomic E-state index is 13.0. The van der Waals surface area contributed by atoms with Crippen LogP contribution in [0.4, 0.5) is 10.1 Å². The Morgan fingerprint density at radius 3 is 2.15 bits per heavy atom. The lowest BCUT2D eigenvalue weighted by molar-refractivity contribution is 0.0673. The number of aliphatic hydroxyl groups is 1. The van der Waals surface area contributed by atoms with Crippen molar-refractivity contribution in [3.63, 3.8) is 0 Å². The van der Waals surface area contributed by atoms with E-state index in [4.69, 9.17) is 5.73 Å². The van der Waals surface area contributed by atoms with Crippen molar-refractivity contribution >= 4 is 35.6 Å². The number of anilines is 1. The van der Waals surface area contributed by atoms with Crippen LogP contribution in [0.1, 0.15) is 37.5 Å². The molecule has 2 aromatic carbocycles. The predicted molar refractivity (Wildman–Crippen MR) is 117 cm³/mol. The molecule has 0 aliphatic rings. The van der Waals surface area contributed by atoms with Crippen LogP contribution in [-0.2, 0) is 18.4 Å². The Labute approximate surface area is 171 Å². The molecule has 0 amide bonds. The van der Waals surface area contributed by atoms with Gasteiger partial charge in [0.2, 0.25) is 0 Å². The SMILES string of the molecule is CCc1cccc(CC)c1NC(N)=NCC(C)(O)c1ccc(F)cc1.I.